The SMILES string of the molecule is O=C(CCc1ncc(-c2ccc(Cl)cc2)o1)NCc1ccc(CN2CCCC2)cc1. The highest BCUT2D eigenvalue weighted by Gasteiger charge is 2.12. The molecule has 0 saturated carbocycles. The molecule has 1 saturated heterocycles. The molecule has 1 aromatic heterocycles. The zero-order chi connectivity index (χ0) is 20.8. The summed E-state index contributed by atoms with van der Waals surface area (Å²) in [6.45, 7) is 3.94. The zero-order valence-corrected chi connectivity index (χ0v) is 17.7. The molecule has 2 heterocycles. The van der Waals surface area contributed by atoms with Crippen molar-refractivity contribution in [2.45, 2.75) is 38.8 Å². The number of aromatic nitrogens is 1. The van der Waals surface area contributed by atoms with Crippen LogP contribution in [0.25, 0.3) is 11.3 Å². The Hall–Kier alpha value is -2.63. The highest BCUT2D eigenvalue weighted by atomic mass is 35.5. The van der Waals surface area contributed by atoms with Crippen molar-refractivity contribution >= 4 is 17.5 Å². The average Bonchev–Trinajstić information content (AvgIpc) is 3.44. The largest absolute Gasteiger partial charge is 0.441 e. The van der Waals surface area contributed by atoms with Crippen LogP contribution in [0.15, 0.2) is 59.1 Å². The van der Waals surface area contributed by atoms with E-state index in [4.69, 9.17) is 16.0 Å². The highest BCUT2D eigenvalue weighted by Crippen LogP contribution is 2.22. The summed E-state index contributed by atoms with van der Waals surface area (Å²) in [5.74, 6) is 1.22. The maximum Gasteiger partial charge on any atom is 0.220 e. The molecule has 0 spiro atoms. The second-order valence-corrected chi connectivity index (χ2v) is 8.14. The molecule has 156 valence electrons. The molecule has 4 rings (SSSR count). The Balaban J connectivity index is 1.21. The molecule has 0 atom stereocenters. The summed E-state index contributed by atoms with van der Waals surface area (Å²) < 4.78 is 5.75. The van der Waals surface area contributed by atoms with Crippen LogP contribution in [0.4, 0.5) is 0 Å². The molecule has 1 amide bonds. The maximum absolute atomic E-state index is 12.2. The minimum atomic E-state index is -0.0117. The fourth-order valence-corrected chi connectivity index (χ4v) is 3.77. The number of nitrogens with zero attached hydrogens (tertiary/aromatic N) is 2. The summed E-state index contributed by atoms with van der Waals surface area (Å²) in [6, 6.07) is 15.9. The van der Waals surface area contributed by atoms with Gasteiger partial charge in [0.25, 0.3) is 0 Å². The number of benzene rings is 2. The molecule has 0 aliphatic carbocycles. The molecule has 0 radical (unpaired) electrons. The smallest absolute Gasteiger partial charge is 0.220 e. The van der Waals surface area contributed by atoms with Gasteiger partial charge in [-0.2, -0.15) is 0 Å². The van der Waals surface area contributed by atoms with Gasteiger partial charge in [0.1, 0.15) is 0 Å². The van der Waals surface area contributed by atoms with Gasteiger partial charge >= 0.3 is 0 Å². The first-order valence-electron chi connectivity index (χ1n) is 10.4. The van der Waals surface area contributed by atoms with Crippen molar-refractivity contribution in [3.05, 3.63) is 76.8 Å². The van der Waals surface area contributed by atoms with Crippen LogP contribution < -0.4 is 5.32 Å². The third-order valence-electron chi connectivity index (χ3n) is 5.37. The Kier molecular flexibility index (Phi) is 6.82. The number of likely N-dealkylation sites (tertiary alicyclic amines) is 1. The number of carbonyl (C=O) groups is 1. The van der Waals surface area contributed by atoms with Crippen LogP contribution in [0, 0.1) is 0 Å². The van der Waals surface area contributed by atoms with Crippen LogP contribution in [-0.4, -0.2) is 28.9 Å². The van der Waals surface area contributed by atoms with E-state index in [2.05, 4.69) is 39.5 Å². The third-order valence-corrected chi connectivity index (χ3v) is 5.62. The van der Waals surface area contributed by atoms with Crippen molar-refractivity contribution in [3.8, 4) is 11.3 Å². The van der Waals surface area contributed by atoms with Gasteiger partial charge in [-0.05, 0) is 61.3 Å². The van der Waals surface area contributed by atoms with E-state index in [9.17, 15) is 4.79 Å². The molecule has 2 aromatic carbocycles. The monoisotopic (exact) mass is 423 g/mol. The number of hydrogen-bond donors (Lipinski definition) is 1. The van der Waals surface area contributed by atoms with Crippen LogP contribution in [-0.2, 0) is 24.3 Å². The van der Waals surface area contributed by atoms with Crippen molar-refractivity contribution in [2.24, 2.45) is 0 Å². The van der Waals surface area contributed by atoms with E-state index < -0.39 is 0 Å². The molecule has 1 aliphatic rings. The van der Waals surface area contributed by atoms with Gasteiger partial charge in [0.15, 0.2) is 11.7 Å². The minimum absolute atomic E-state index is 0.0117. The van der Waals surface area contributed by atoms with Gasteiger partial charge in [0.05, 0.1) is 6.20 Å². The zero-order valence-electron chi connectivity index (χ0n) is 16.9. The van der Waals surface area contributed by atoms with Crippen LogP contribution in [0.5, 0.6) is 0 Å². The second kappa shape index (κ2) is 9.92. The minimum Gasteiger partial charge on any atom is -0.441 e. The summed E-state index contributed by atoms with van der Waals surface area (Å²) in [7, 11) is 0. The molecule has 0 bridgehead atoms. The van der Waals surface area contributed by atoms with Crippen molar-refractivity contribution in [1.29, 1.82) is 0 Å². The Morgan fingerprint density at radius 3 is 2.47 bits per heavy atom. The number of carbonyl (C=O) groups excluding carboxylic acids is 1. The number of hydrogen-bond acceptors (Lipinski definition) is 4. The van der Waals surface area contributed by atoms with Gasteiger partial charge in [0, 0.05) is 36.5 Å². The van der Waals surface area contributed by atoms with E-state index in [-0.39, 0.29) is 5.91 Å². The van der Waals surface area contributed by atoms with E-state index in [1.54, 1.807) is 6.20 Å². The van der Waals surface area contributed by atoms with E-state index in [0.717, 1.165) is 17.7 Å². The van der Waals surface area contributed by atoms with Crippen LogP contribution in [0.3, 0.4) is 0 Å². The number of amides is 1. The van der Waals surface area contributed by atoms with Gasteiger partial charge in [-0.15, -0.1) is 0 Å². The van der Waals surface area contributed by atoms with Crippen LogP contribution in [0.2, 0.25) is 5.02 Å². The van der Waals surface area contributed by atoms with E-state index in [1.165, 1.54) is 31.5 Å². The molecule has 3 aromatic rings. The molecule has 1 N–H and O–H groups in total. The lowest BCUT2D eigenvalue weighted by atomic mass is 10.1. The summed E-state index contributed by atoms with van der Waals surface area (Å²) in [5.41, 5.74) is 3.35. The summed E-state index contributed by atoms with van der Waals surface area (Å²) in [5, 5.41) is 3.65. The predicted octanol–water partition coefficient (Wildman–Crippen LogP) is 4.84. The molecular weight excluding hydrogens is 398 g/mol. The lowest BCUT2D eigenvalue weighted by Crippen LogP contribution is -2.23. The van der Waals surface area contributed by atoms with Crippen LogP contribution >= 0.6 is 11.6 Å². The Morgan fingerprint density at radius 1 is 1.03 bits per heavy atom. The summed E-state index contributed by atoms with van der Waals surface area (Å²) in [4.78, 5) is 19.0. The second-order valence-electron chi connectivity index (χ2n) is 7.70. The molecule has 30 heavy (non-hydrogen) atoms. The van der Waals surface area contributed by atoms with Crippen LogP contribution in [0.1, 0.15) is 36.3 Å². The van der Waals surface area contributed by atoms with Gasteiger partial charge in [-0.1, -0.05) is 35.9 Å². The number of halogens is 1. The van der Waals surface area contributed by atoms with E-state index in [1.807, 2.05) is 24.3 Å². The van der Waals surface area contributed by atoms with Crippen molar-refractivity contribution in [2.75, 3.05) is 13.1 Å². The predicted molar refractivity (Wildman–Crippen MR) is 118 cm³/mol. The molecule has 6 heteroatoms. The molecule has 0 unspecified atom stereocenters. The van der Waals surface area contributed by atoms with Crippen molar-refractivity contribution in [3.63, 3.8) is 0 Å². The fourth-order valence-electron chi connectivity index (χ4n) is 3.64. The Bertz CT molecular complexity index is 961. The quantitative estimate of drug-likeness (QED) is 0.563. The van der Waals surface area contributed by atoms with Gasteiger partial charge in [-0.25, -0.2) is 4.98 Å². The first-order chi connectivity index (χ1) is 14.7. The van der Waals surface area contributed by atoms with Gasteiger partial charge in [0.2, 0.25) is 5.91 Å². The summed E-state index contributed by atoms with van der Waals surface area (Å²) in [6.07, 6.45) is 5.10. The van der Waals surface area contributed by atoms with Gasteiger partial charge < -0.3 is 9.73 Å². The summed E-state index contributed by atoms with van der Waals surface area (Å²) >= 11 is 5.91. The number of aryl methyl sites for hydroxylation is 1. The van der Waals surface area contributed by atoms with Crippen molar-refractivity contribution < 1.29 is 9.21 Å². The number of oxazole rings is 1. The van der Waals surface area contributed by atoms with Crippen molar-refractivity contribution in [1.82, 2.24) is 15.2 Å². The molecule has 1 fully saturated rings. The Labute approximate surface area is 182 Å². The first kappa shape index (κ1) is 20.6. The molecule has 1 aliphatic heterocycles. The Morgan fingerprint density at radius 2 is 1.73 bits per heavy atom. The van der Waals surface area contributed by atoms with E-state index >= 15 is 0 Å². The molecular formula is C24H26ClN3O2. The maximum atomic E-state index is 12.2. The standard InChI is InChI=1S/C24H26ClN3O2/c25-21-9-7-20(8-10-21)22-16-27-24(30-22)12-11-23(29)26-15-18-3-5-19(6-4-18)17-28-13-1-2-14-28/h3-10,16H,1-2,11-15,17H2,(H,26,29). The van der Waals surface area contributed by atoms with Gasteiger partial charge in [-0.3, -0.25) is 9.69 Å². The lowest BCUT2D eigenvalue weighted by molar-refractivity contribution is -0.121. The topological polar surface area (TPSA) is 58.4 Å². The number of nitrogens with one attached hydrogen (secondary N) is 1. The highest BCUT2D eigenvalue weighted by molar-refractivity contribution is 6.30. The van der Waals surface area contributed by atoms with E-state index in [0.29, 0.717) is 36.1 Å². The molecule has 5 nitrogen and oxygen atoms in total. The fraction of sp³-hybridized carbons (Fsp3) is 0.333. The average molecular weight is 424 g/mol. The normalized spacial score (nSPS) is 14.2. The lowest BCUT2D eigenvalue weighted by Gasteiger charge is -2.14. The third kappa shape index (κ3) is 5.71. The number of rotatable bonds is 8. The first-order valence-corrected chi connectivity index (χ1v) is 10.8.